The second kappa shape index (κ2) is 10.5. The maximum absolute atomic E-state index is 14.5. The molecule has 6 rings (SSSR count). The van der Waals surface area contributed by atoms with Crippen LogP contribution in [0.5, 0.6) is 0 Å². The van der Waals surface area contributed by atoms with Gasteiger partial charge in [0.15, 0.2) is 5.16 Å². The molecule has 1 fully saturated rings. The molecule has 2 aromatic carbocycles. The molecule has 0 N–H and O–H groups in total. The van der Waals surface area contributed by atoms with Gasteiger partial charge < -0.3 is 0 Å². The largest absolute Gasteiger partial charge is 0.276 e. The van der Waals surface area contributed by atoms with Crippen molar-refractivity contribution in [3.8, 4) is 11.3 Å². The Morgan fingerprint density at radius 1 is 0.946 bits per heavy atom. The summed E-state index contributed by atoms with van der Waals surface area (Å²) in [5.74, 6) is 1.69. The zero-order chi connectivity index (χ0) is 25.2. The number of hydrogen-bond acceptors (Lipinski definition) is 4. The average molecular weight is 513 g/mol. The van der Waals surface area contributed by atoms with Crippen LogP contribution < -0.4 is 5.56 Å². The highest BCUT2D eigenvalue weighted by Crippen LogP contribution is 2.49. The first kappa shape index (κ1) is 24.5. The summed E-state index contributed by atoms with van der Waals surface area (Å²) in [5, 5.41) is 10.3. The lowest BCUT2D eigenvalue weighted by Gasteiger charge is -2.42. The predicted octanol–water partition coefficient (Wildman–Crippen LogP) is 6.84. The van der Waals surface area contributed by atoms with E-state index in [1.165, 1.54) is 48.8 Å². The molecule has 0 bridgehead atoms. The van der Waals surface area contributed by atoms with Gasteiger partial charge in [-0.3, -0.25) is 13.8 Å². The van der Waals surface area contributed by atoms with E-state index in [-0.39, 0.29) is 11.0 Å². The quantitative estimate of drug-likeness (QED) is 0.192. The van der Waals surface area contributed by atoms with Crippen LogP contribution in [0.25, 0.3) is 17.0 Å². The van der Waals surface area contributed by atoms with E-state index in [2.05, 4.69) is 70.1 Å². The summed E-state index contributed by atoms with van der Waals surface area (Å²) in [6, 6.07) is 19.2. The average Bonchev–Trinajstić information content (AvgIpc) is 3.35. The molecule has 6 heteroatoms. The Morgan fingerprint density at radius 3 is 2.54 bits per heavy atom. The second-order valence-corrected chi connectivity index (χ2v) is 11.8. The smallest absolute Gasteiger partial charge is 0.259 e. The summed E-state index contributed by atoms with van der Waals surface area (Å²) >= 11 is 1.78. The predicted molar refractivity (Wildman–Crippen MR) is 152 cm³/mol. The highest BCUT2D eigenvalue weighted by Gasteiger charge is 2.44. The summed E-state index contributed by atoms with van der Waals surface area (Å²) in [5.41, 5.74) is 5.89. The molecular formula is C31H36N4OS. The fourth-order valence-corrected chi connectivity index (χ4v) is 7.45. The Kier molecular flexibility index (Phi) is 6.94. The molecule has 2 aromatic heterocycles. The van der Waals surface area contributed by atoms with Crippen LogP contribution in [0.15, 0.2) is 64.5 Å². The summed E-state index contributed by atoms with van der Waals surface area (Å²) in [6.45, 7) is 2.84. The zero-order valence-corrected chi connectivity index (χ0v) is 22.6. The Morgan fingerprint density at radius 2 is 1.73 bits per heavy atom. The standard InChI is InChI=1S/C31H36N4OS/c1-2-3-12-21-37-30-33-32-29-34(20-17-23-13-6-4-7-14-23)28(36)26-27(35(29)30)25-16-9-8-15-24(25)22-31(26)18-10-5-11-19-31/h4,6-9,13-16H,2-3,5,10-12,17-22H2,1H3. The summed E-state index contributed by atoms with van der Waals surface area (Å²) in [4.78, 5) is 14.5. The molecule has 0 unspecified atom stereocenters. The normalized spacial score (nSPS) is 16.1. The van der Waals surface area contributed by atoms with E-state index in [1.807, 2.05) is 10.6 Å². The van der Waals surface area contributed by atoms with Gasteiger partial charge in [-0.05, 0) is 43.2 Å². The van der Waals surface area contributed by atoms with E-state index in [9.17, 15) is 4.79 Å². The highest BCUT2D eigenvalue weighted by atomic mass is 32.2. The molecule has 5 nitrogen and oxygen atoms in total. The Hall–Kier alpha value is -2.86. The molecule has 192 valence electrons. The molecule has 4 aromatic rings. The first-order chi connectivity index (χ1) is 18.2. The van der Waals surface area contributed by atoms with Gasteiger partial charge in [0.1, 0.15) is 0 Å². The van der Waals surface area contributed by atoms with Crippen LogP contribution >= 0.6 is 11.8 Å². The number of benzene rings is 2. The Labute approximate surface area is 223 Å². The van der Waals surface area contributed by atoms with E-state index in [1.54, 1.807) is 11.8 Å². The molecular weight excluding hydrogens is 476 g/mol. The highest BCUT2D eigenvalue weighted by molar-refractivity contribution is 7.99. The van der Waals surface area contributed by atoms with Crippen LogP contribution in [-0.4, -0.2) is 24.9 Å². The lowest BCUT2D eigenvalue weighted by Crippen LogP contribution is -2.43. The molecule has 0 amide bonds. The van der Waals surface area contributed by atoms with Gasteiger partial charge in [-0.15, -0.1) is 10.2 Å². The molecule has 0 aliphatic heterocycles. The van der Waals surface area contributed by atoms with Gasteiger partial charge in [-0.2, -0.15) is 0 Å². The number of nitrogens with zero attached hydrogens (tertiary/aromatic N) is 4. The van der Waals surface area contributed by atoms with Crippen LogP contribution in [0, 0.1) is 0 Å². The number of rotatable bonds is 8. The number of aryl methyl sites for hydroxylation is 2. The van der Waals surface area contributed by atoms with Crippen molar-refractivity contribution in [2.75, 3.05) is 5.75 Å². The number of thioether (sulfide) groups is 1. The summed E-state index contributed by atoms with van der Waals surface area (Å²) < 4.78 is 4.17. The molecule has 37 heavy (non-hydrogen) atoms. The third-order valence-electron chi connectivity index (χ3n) is 8.37. The SMILES string of the molecule is CCCCCSc1nnc2n(CCc3ccccc3)c(=O)c3c(n12)-c1ccccc1CC31CCCCC1. The Bertz CT molecular complexity index is 1450. The first-order valence-electron chi connectivity index (χ1n) is 14.0. The van der Waals surface area contributed by atoms with E-state index in [4.69, 9.17) is 0 Å². The molecule has 0 radical (unpaired) electrons. The molecule has 0 saturated heterocycles. The van der Waals surface area contributed by atoms with Crippen molar-refractivity contribution in [2.45, 2.75) is 88.2 Å². The number of hydrogen-bond donors (Lipinski definition) is 0. The number of aromatic nitrogens is 4. The molecule has 2 aliphatic rings. The zero-order valence-electron chi connectivity index (χ0n) is 21.8. The minimum atomic E-state index is -0.101. The van der Waals surface area contributed by atoms with Crippen molar-refractivity contribution in [2.24, 2.45) is 0 Å². The Balaban J connectivity index is 1.57. The van der Waals surface area contributed by atoms with Gasteiger partial charge in [-0.1, -0.05) is 105 Å². The van der Waals surface area contributed by atoms with Gasteiger partial charge in [0, 0.05) is 28.8 Å². The van der Waals surface area contributed by atoms with Crippen molar-refractivity contribution in [3.05, 3.63) is 81.6 Å². The molecule has 0 atom stereocenters. The molecule has 1 saturated carbocycles. The topological polar surface area (TPSA) is 52.2 Å². The van der Waals surface area contributed by atoms with Crippen molar-refractivity contribution in [1.29, 1.82) is 0 Å². The first-order valence-corrected chi connectivity index (χ1v) is 15.0. The van der Waals surface area contributed by atoms with Crippen molar-refractivity contribution < 1.29 is 0 Å². The lowest BCUT2D eigenvalue weighted by atomic mass is 9.62. The molecule has 1 spiro atoms. The van der Waals surface area contributed by atoms with Crippen LogP contribution in [-0.2, 0) is 24.8 Å². The van der Waals surface area contributed by atoms with Crippen molar-refractivity contribution in [1.82, 2.24) is 19.2 Å². The van der Waals surface area contributed by atoms with Crippen LogP contribution in [0.4, 0.5) is 0 Å². The third kappa shape index (κ3) is 4.43. The van der Waals surface area contributed by atoms with Crippen LogP contribution in [0.1, 0.15) is 75.0 Å². The number of fused-ring (bicyclic) bond motifs is 6. The van der Waals surface area contributed by atoms with E-state index in [0.717, 1.165) is 54.3 Å². The van der Waals surface area contributed by atoms with E-state index in [0.29, 0.717) is 12.3 Å². The van der Waals surface area contributed by atoms with Crippen molar-refractivity contribution in [3.63, 3.8) is 0 Å². The van der Waals surface area contributed by atoms with Gasteiger partial charge in [0.05, 0.1) is 5.69 Å². The monoisotopic (exact) mass is 512 g/mol. The number of unbranched alkanes of at least 4 members (excludes halogenated alkanes) is 2. The summed E-state index contributed by atoms with van der Waals surface area (Å²) in [6.07, 6.45) is 11.1. The summed E-state index contributed by atoms with van der Waals surface area (Å²) in [7, 11) is 0. The van der Waals surface area contributed by atoms with Gasteiger partial charge in [0.2, 0.25) is 5.78 Å². The maximum Gasteiger partial charge on any atom is 0.259 e. The van der Waals surface area contributed by atoms with Crippen molar-refractivity contribution >= 4 is 17.5 Å². The third-order valence-corrected chi connectivity index (χ3v) is 9.38. The van der Waals surface area contributed by atoms with E-state index < -0.39 is 0 Å². The minimum Gasteiger partial charge on any atom is -0.276 e. The minimum absolute atomic E-state index is 0.101. The van der Waals surface area contributed by atoms with Gasteiger partial charge in [0.25, 0.3) is 5.56 Å². The fourth-order valence-electron chi connectivity index (χ4n) is 6.51. The lowest BCUT2D eigenvalue weighted by molar-refractivity contribution is 0.283. The van der Waals surface area contributed by atoms with Gasteiger partial charge in [-0.25, -0.2) is 0 Å². The second-order valence-electron chi connectivity index (χ2n) is 10.8. The van der Waals surface area contributed by atoms with Crippen LogP contribution in [0.2, 0.25) is 0 Å². The van der Waals surface area contributed by atoms with Crippen LogP contribution in [0.3, 0.4) is 0 Å². The maximum atomic E-state index is 14.5. The fraction of sp³-hybridized carbons (Fsp3) is 0.452. The van der Waals surface area contributed by atoms with E-state index >= 15 is 0 Å². The molecule has 2 heterocycles. The molecule has 2 aliphatic carbocycles. The van der Waals surface area contributed by atoms with Gasteiger partial charge >= 0.3 is 0 Å².